The second-order valence-corrected chi connectivity index (χ2v) is 7.34. The highest BCUT2D eigenvalue weighted by atomic mass is 79.9. The van der Waals surface area contributed by atoms with Crippen LogP contribution < -0.4 is 4.90 Å². The number of hydrogen-bond donors (Lipinski definition) is 0. The predicted octanol–water partition coefficient (Wildman–Crippen LogP) is 4.96. The van der Waals surface area contributed by atoms with Crippen LogP contribution in [0.4, 0.5) is 15.9 Å². The first kappa shape index (κ1) is 19.7. The third kappa shape index (κ3) is 3.23. The molecule has 4 aromatic rings. The molecule has 9 nitrogen and oxygen atoms in total. The van der Waals surface area contributed by atoms with Gasteiger partial charge in [0.1, 0.15) is 17.5 Å². The van der Waals surface area contributed by atoms with E-state index >= 15 is 0 Å². The molecule has 150 valence electrons. The Hall–Kier alpha value is -3.56. The van der Waals surface area contributed by atoms with Gasteiger partial charge in [0.15, 0.2) is 0 Å². The summed E-state index contributed by atoms with van der Waals surface area (Å²) < 4.78 is 17.4. The molecule has 2 heterocycles. The Kier molecular flexibility index (Phi) is 5.06. The van der Waals surface area contributed by atoms with E-state index in [2.05, 4.69) is 41.1 Å². The van der Waals surface area contributed by atoms with Gasteiger partial charge >= 0.3 is 0 Å². The highest BCUT2D eigenvalue weighted by Crippen LogP contribution is 2.33. The van der Waals surface area contributed by atoms with Crippen LogP contribution in [0.1, 0.15) is 23.1 Å². The van der Waals surface area contributed by atoms with Gasteiger partial charge in [0.05, 0.1) is 11.1 Å². The molecule has 0 aliphatic carbocycles. The zero-order valence-electron chi connectivity index (χ0n) is 15.9. The standard InChI is InChI=1S/C19H14BrFN8O/c1-3-16-24-26-19-23-17(28(2)11-6-4-5-10(20)7-11)13-8-14(21)12(18(30)25-27-22)9-15(13)29(16)19/h4-9H,3H2,1-2H3. The van der Waals surface area contributed by atoms with Crippen molar-refractivity contribution >= 4 is 50.0 Å². The second kappa shape index (κ2) is 7.69. The summed E-state index contributed by atoms with van der Waals surface area (Å²) in [5, 5.41) is 11.8. The van der Waals surface area contributed by atoms with E-state index in [1.165, 1.54) is 12.1 Å². The molecule has 0 unspecified atom stereocenters. The van der Waals surface area contributed by atoms with Gasteiger partial charge in [-0.25, -0.2) is 4.39 Å². The Bertz CT molecular complexity index is 1360. The van der Waals surface area contributed by atoms with E-state index < -0.39 is 11.7 Å². The van der Waals surface area contributed by atoms with Crippen molar-refractivity contribution in [1.82, 2.24) is 19.6 Å². The highest BCUT2D eigenvalue weighted by molar-refractivity contribution is 9.10. The van der Waals surface area contributed by atoms with Crippen LogP contribution in [0.3, 0.4) is 0 Å². The molecule has 0 aliphatic heterocycles. The zero-order valence-corrected chi connectivity index (χ0v) is 17.5. The van der Waals surface area contributed by atoms with E-state index in [0.717, 1.165) is 10.2 Å². The van der Waals surface area contributed by atoms with Crippen molar-refractivity contribution in [2.75, 3.05) is 11.9 Å². The molecule has 2 aromatic heterocycles. The van der Waals surface area contributed by atoms with E-state index in [9.17, 15) is 9.18 Å². The van der Waals surface area contributed by atoms with Gasteiger partial charge in [-0.2, -0.15) is 4.98 Å². The summed E-state index contributed by atoms with van der Waals surface area (Å²) in [6, 6.07) is 10.1. The third-order valence-electron chi connectivity index (χ3n) is 4.68. The third-order valence-corrected chi connectivity index (χ3v) is 5.17. The molecule has 0 bridgehead atoms. The van der Waals surface area contributed by atoms with Crippen molar-refractivity contribution in [1.29, 1.82) is 0 Å². The highest BCUT2D eigenvalue weighted by Gasteiger charge is 2.21. The van der Waals surface area contributed by atoms with Gasteiger partial charge in [-0.3, -0.25) is 9.20 Å². The monoisotopic (exact) mass is 468 g/mol. The molecule has 0 fully saturated rings. The van der Waals surface area contributed by atoms with E-state index in [4.69, 9.17) is 5.53 Å². The average Bonchev–Trinajstić information content (AvgIpc) is 3.15. The van der Waals surface area contributed by atoms with Gasteiger partial charge in [0.2, 0.25) is 0 Å². The van der Waals surface area contributed by atoms with Gasteiger partial charge in [0.25, 0.3) is 11.7 Å². The summed E-state index contributed by atoms with van der Waals surface area (Å²) in [5.74, 6) is -0.462. The molecule has 0 N–H and O–H groups in total. The van der Waals surface area contributed by atoms with E-state index in [-0.39, 0.29) is 5.56 Å². The van der Waals surface area contributed by atoms with Crippen molar-refractivity contribution < 1.29 is 9.18 Å². The first-order valence-corrected chi connectivity index (χ1v) is 9.70. The number of halogens is 2. The average molecular weight is 469 g/mol. The molecule has 30 heavy (non-hydrogen) atoms. The first-order chi connectivity index (χ1) is 14.4. The number of carbonyl (C=O) groups excluding carboxylic acids is 1. The Morgan fingerprint density at radius 1 is 1.33 bits per heavy atom. The summed E-state index contributed by atoms with van der Waals surface area (Å²) in [6.45, 7) is 1.90. The van der Waals surface area contributed by atoms with E-state index in [1.807, 2.05) is 31.2 Å². The number of azide groups is 1. The number of rotatable bonds is 4. The number of benzene rings is 2. The van der Waals surface area contributed by atoms with Gasteiger partial charge in [-0.05, 0) is 41.0 Å². The minimum absolute atomic E-state index is 0.310. The molecule has 0 radical (unpaired) electrons. The number of aryl methyl sites for hydroxylation is 1. The van der Waals surface area contributed by atoms with Crippen molar-refractivity contribution in [3.05, 3.63) is 68.5 Å². The van der Waals surface area contributed by atoms with Crippen LogP contribution in [0, 0.1) is 5.82 Å². The van der Waals surface area contributed by atoms with Gasteiger partial charge in [0, 0.05) is 33.9 Å². The summed E-state index contributed by atoms with van der Waals surface area (Å²) in [6.07, 6.45) is 0.551. The topological polar surface area (TPSA) is 112 Å². The SMILES string of the molecule is CCc1nnc2nc(N(C)c3cccc(Br)c3)c3cc(F)c(C(=O)N=[N+]=[N-])cc3n12. The Balaban J connectivity index is 2.07. The Labute approximate surface area is 177 Å². The van der Waals surface area contributed by atoms with Crippen LogP contribution >= 0.6 is 15.9 Å². The van der Waals surface area contributed by atoms with Crippen LogP contribution in [0.15, 0.2) is 46.0 Å². The predicted molar refractivity (Wildman–Crippen MR) is 113 cm³/mol. The largest absolute Gasteiger partial charge is 0.329 e. The summed E-state index contributed by atoms with van der Waals surface area (Å²) >= 11 is 3.45. The van der Waals surface area contributed by atoms with Crippen LogP contribution in [-0.4, -0.2) is 32.5 Å². The number of hydrogen-bond acceptors (Lipinski definition) is 5. The lowest BCUT2D eigenvalue weighted by atomic mass is 10.1. The van der Waals surface area contributed by atoms with Crippen molar-refractivity contribution in [2.24, 2.45) is 5.11 Å². The lowest BCUT2D eigenvalue weighted by molar-refractivity contribution is 0.0996. The summed E-state index contributed by atoms with van der Waals surface area (Å²) in [4.78, 5) is 20.9. The normalized spacial score (nSPS) is 10.9. The van der Waals surface area contributed by atoms with Crippen LogP contribution in [0.25, 0.3) is 27.1 Å². The summed E-state index contributed by atoms with van der Waals surface area (Å²) in [5.41, 5.74) is 9.52. The molecule has 2 aromatic carbocycles. The number of carbonyl (C=O) groups is 1. The molecule has 0 atom stereocenters. The molecule has 11 heteroatoms. The fourth-order valence-electron chi connectivity index (χ4n) is 3.26. The lowest BCUT2D eigenvalue weighted by Crippen LogP contribution is -2.14. The van der Waals surface area contributed by atoms with Crippen LogP contribution in [-0.2, 0) is 6.42 Å². The van der Waals surface area contributed by atoms with Crippen LogP contribution in [0.5, 0.6) is 0 Å². The maximum absolute atomic E-state index is 14.8. The summed E-state index contributed by atoms with van der Waals surface area (Å²) in [7, 11) is 1.80. The first-order valence-electron chi connectivity index (χ1n) is 8.90. The van der Waals surface area contributed by atoms with Crippen molar-refractivity contribution in [3.8, 4) is 0 Å². The fourth-order valence-corrected chi connectivity index (χ4v) is 3.64. The molecule has 0 spiro atoms. The molecular weight excluding hydrogens is 455 g/mol. The minimum atomic E-state index is -1.00. The number of anilines is 2. The quantitative estimate of drug-likeness (QED) is 0.238. The molecule has 0 saturated heterocycles. The Morgan fingerprint density at radius 2 is 2.13 bits per heavy atom. The number of amides is 1. The molecule has 0 saturated carbocycles. The van der Waals surface area contributed by atoms with Crippen molar-refractivity contribution in [3.63, 3.8) is 0 Å². The molecule has 0 aliphatic rings. The second-order valence-electron chi connectivity index (χ2n) is 6.42. The molecule has 4 rings (SSSR count). The smallest absolute Gasteiger partial charge is 0.257 e. The Morgan fingerprint density at radius 3 is 2.83 bits per heavy atom. The van der Waals surface area contributed by atoms with E-state index in [1.54, 1.807) is 16.3 Å². The van der Waals surface area contributed by atoms with E-state index in [0.29, 0.717) is 34.7 Å². The number of aromatic nitrogens is 4. The van der Waals surface area contributed by atoms with Gasteiger partial charge in [-0.1, -0.05) is 28.9 Å². The van der Waals surface area contributed by atoms with Gasteiger partial charge in [-0.15, -0.1) is 10.2 Å². The van der Waals surface area contributed by atoms with Gasteiger partial charge < -0.3 is 4.90 Å². The number of nitrogens with zero attached hydrogens (tertiary/aromatic N) is 8. The maximum atomic E-state index is 14.8. The van der Waals surface area contributed by atoms with Crippen LogP contribution in [0.2, 0.25) is 0 Å². The fraction of sp³-hybridized carbons (Fsp3) is 0.158. The molecule has 1 amide bonds. The maximum Gasteiger partial charge on any atom is 0.257 e. The van der Waals surface area contributed by atoms with Crippen molar-refractivity contribution in [2.45, 2.75) is 13.3 Å². The molecular formula is C19H14BrFN8O. The minimum Gasteiger partial charge on any atom is -0.329 e. The number of fused-ring (bicyclic) bond motifs is 3. The lowest BCUT2D eigenvalue weighted by Gasteiger charge is -2.21. The zero-order chi connectivity index (χ0) is 21.4.